The van der Waals surface area contributed by atoms with E-state index in [1.165, 1.54) is 27.8 Å². The molecule has 3 nitrogen and oxygen atoms in total. The van der Waals surface area contributed by atoms with E-state index >= 15 is 0 Å². The van der Waals surface area contributed by atoms with Crippen LogP contribution in [0.3, 0.4) is 0 Å². The van der Waals surface area contributed by atoms with Crippen LogP contribution >= 0.6 is 0 Å². The molecule has 0 spiro atoms. The van der Waals surface area contributed by atoms with E-state index in [4.69, 9.17) is 9.40 Å². The highest BCUT2D eigenvalue weighted by molar-refractivity contribution is 5.90. The molecule has 7 aromatic rings. The highest BCUT2D eigenvalue weighted by Crippen LogP contribution is 2.44. The molecule has 46 heavy (non-hydrogen) atoms. The lowest BCUT2D eigenvalue weighted by atomic mass is 9.88. The average molecular weight is 597 g/mol. The Morgan fingerprint density at radius 3 is 2.24 bits per heavy atom. The summed E-state index contributed by atoms with van der Waals surface area (Å²) in [4.78, 5) is 5.34. The second-order valence-electron chi connectivity index (χ2n) is 12.7. The first-order valence-corrected chi connectivity index (χ1v) is 16.1. The maximum Gasteiger partial charge on any atom is 0.134 e. The molecule has 0 saturated heterocycles. The van der Waals surface area contributed by atoms with Crippen molar-refractivity contribution in [3.05, 3.63) is 156 Å². The lowest BCUT2D eigenvalue weighted by molar-refractivity contribution is 0.504. The van der Waals surface area contributed by atoms with Gasteiger partial charge in [0.15, 0.2) is 0 Å². The molecule has 0 aliphatic heterocycles. The summed E-state index contributed by atoms with van der Waals surface area (Å²) in [5, 5.41) is 1.15. The van der Waals surface area contributed by atoms with Gasteiger partial charge in [-0.05, 0) is 83.0 Å². The highest BCUT2D eigenvalue weighted by Gasteiger charge is 2.31. The van der Waals surface area contributed by atoms with Crippen molar-refractivity contribution >= 4 is 33.7 Å². The van der Waals surface area contributed by atoms with Crippen molar-refractivity contribution in [1.29, 1.82) is 0 Å². The van der Waals surface area contributed by atoms with Crippen LogP contribution in [0.1, 0.15) is 67.3 Å². The first-order valence-electron chi connectivity index (χ1n) is 16.1. The predicted molar refractivity (Wildman–Crippen MR) is 192 cm³/mol. The zero-order valence-electron chi connectivity index (χ0n) is 26.5. The summed E-state index contributed by atoms with van der Waals surface area (Å²) in [5.41, 5.74) is 13.5. The molecule has 1 unspecified atom stereocenters. The van der Waals surface area contributed by atoms with Gasteiger partial charge >= 0.3 is 0 Å². The van der Waals surface area contributed by atoms with Crippen molar-refractivity contribution in [2.24, 2.45) is 0 Å². The van der Waals surface area contributed by atoms with Gasteiger partial charge in [-0.3, -0.25) is 4.57 Å². The number of aromatic nitrogens is 2. The fourth-order valence-corrected chi connectivity index (χ4v) is 7.00. The molecular weight excluding hydrogens is 560 g/mol. The van der Waals surface area contributed by atoms with Crippen LogP contribution < -0.4 is 0 Å². The molecular formula is C43H36N2O. The molecule has 2 aromatic heterocycles. The SMILES string of the molecule is C=C(C)c1cc(-c2ccc(-c3ccccc3)cc2)cc(C(C)C)c1-n1c(C2CC=Cc3c2oc2ccccc32)nc2ccccc21. The van der Waals surface area contributed by atoms with Crippen molar-refractivity contribution in [1.82, 2.24) is 9.55 Å². The Labute approximate surface area is 270 Å². The van der Waals surface area contributed by atoms with Crippen LogP contribution in [0.4, 0.5) is 0 Å². The molecule has 224 valence electrons. The molecule has 0 radical (unpaired) electrons. The third kappa shape index (κ3) is 4.62. The fourth-order valence-electron chi connectivity index (χ4n) is 7.00. The molecule has 0 saturated carbocycles. The number of allylic oxidation sites excluding steroid dienone is 2. The summed E-state index contributed by atoms with van der Waals surface area (Å²) < 4.78 is 9.00. The molecule has 3 heteroatoms. The van der Waals surface area contributed by atoms with Gasteiger partial charge in [-0.25, -0.2) is 4.98 Å². The standard InChI is InChI=1S/C43H36N2O/c1-27(2)36-25-32(31-23-21-30(22-24-31)29-13-6-5-7-14-29)26-37(28(3)4)41(36)45-39-19-10-9-18-38(39)44-43(45)35-17-12-16-34-33-15-8-11-20-40(33)46-42(34)35/h5-16,18-26,28,35H,1,17H2,2-4H3. The van der Waals surface area contributed by atoms with E-state index in [0.29, 0.717) is 0 Å². The summed E-state index contributed by atoms with van der Waals surface area (Å²) in [5.74, 6) is 2.22. The number of para-hydroxylation sites is 3. The zero-order valence-corrected chi connectivity index (χ0v) is 26.5. The summed E-state index contributed by atoms with van der Waals surface area (Å²) in [6.07, 6.45) is 5.30. The Kier molecular flexibility index (Phi) is 6.83. The monoisotopic (exact) mass is 596 g/mol. The first-order chi connectivity index (χ1) is 22.5. The van der Waals surface area contributed by atoms with E-state index < -0.39 is 0 Å². The zero-order chi connectivity index (χ0) is 31.4. The third-order valence-corrected chi connectivity index (χ3v) is 9.30. The minimum absolute atomic E-state index is 0.0250. The number of furan rings is 1. The van der Waals surface area contributed by atoms with Crippen molar-refractivity contribution in [2.45, 2.75) is 39.0 Å². The lowest BCUT2D eigenvalue weighted by Gasteiger charge is -2.25. The largest absolute Gasteiger partial charge is 0.460 e. The van der Waals surface area contributed by atoms with Gasteiger partial charge < -0.3 is 4.42 Å². The van der Waals surface area contributed by atoms with Gasteiger partial charge in [-0.1, -0.05) is 118 Å². The summed E-state index contributed by atoms with van der Waals surface area (Å²) >= 11 is 0. The number of nitrogens with zero attached hydrogens (tertiary/aromatic N) is 2. The van der Waals surface area contributed by atoms with E-state index in [0.717, 1.165) is 62.4 Å². The van der Waals surface area contributed by atoms with Gasteiger partial charge in [0, 0.05) is 16.5 Å². The maximum absolute atomic E-state index is 6.60. The number of imidazole rings is 1. The van der Waals surface area contributed by atoms with Gasteiger partial charge in [-0.15, -0.1) is 0 Å². The Hall–Kier alpha value is -5.41. The molecule has 0 bridgehead atoms. The van der Waals surface area contributed by atoms with Crippen molar-refractivity contribution in [3.8, 4) is 27.9 Å². The van der Waals surface area contributed by atoms with Gasteiger partial charge in [-0.2, -0.15) is 0 Å². The van der Waals surface area contributed by atoms with Crippen LogP contribution in [-0.2, 0) is 0 Å². The third-order valence-electron chi connectivity index (χ3n) is 9.30. The van der Waals surface area contributed by atoms with Crippen molar-refractivity contribution in [2.75, 3.05) is 0 Å². The smallest absolute Gasteiger partial charge is 0.134 e. The fraction of sp³-hybridized carbons (Fsp3) is 0.140. The number of hydrogen-bond acceptors (Lipinski definition) is 2. The Bertz CT molecular complexity index is 2280. The number of hydrogen-bond donors (Lipinski definition) is 0. The second-order valence-corrected chi connectivity index (χ2v) is 12.7. The van der Waals surface area contributed by atoms with Crippen LogP contribution in [0.5, 0.6) is 0 Å². The second kappa shape index (κ2) is 11.2. The topological polar surface area (TPSA) is 31.0 Å². The number of fused-ring (bicyclic) bond motifs is 4. The van der Waals surface area contributed by atoms with Crippen LogP contribution in [0.15, 0.2) is 132 Å². The van der Waals surface area contributed by atoms with Gasteiger partial charge in [0.05, 0.1) is 22.6 Å². The molecule has 1 atom stereocenters. The van der Waals surface area contributed by atoms with E-state index in [9.17, 15) is 0 Å². The summed E-state index contributed by atoms with van der Waals surface area (Å²) in [7, 11) is 0. The van der Waals surface area contributed by atoms with Crippen LogP contribution in [0, 0.1) is 0 Å². The molecule has 0 N–H and O–H groups in total. The van der Waals surface area contributed by atoms with Crippen molar-refractivity contribution < 1.29 is 4.42 Å². The minimum Gasteiger partial charge on any atom is -0.460 e. The molecule has 0 fully saturated rings. The first kappa shape index (κ1) is 28.1. The number of benzene rings is 5. The maximum atomic E-state index is 6.60. The van der Waals surface area contributed by atoms with Gasteiger partial charge in [0.25, 0.3) is 0 Å². The Balaban J connectivity index is 1.34. The Morgan fingerprint density at radius 1 is 0.804 bits per heavy atom. The molecule has 5 aromatic carbocycles. The summed E-state index contributed by atoms with van der Waals surface area (Å²) in [6, 6.07) is 40.9. The minimum atomic E-state index is -0.0250. The molecule has 2 heterocycles. The van der Waals surface area contributed by atoms with E-state index in [1.54, 1.807) is 0 Å². The normalized spacial score (nSPS) is 14.3. The Morgan fingerprint density at radius 2 is 1.48 bits per heavy atom. The number of rotatable bonds is 6. The average Bonchev–Trinajstić information content (AvgIpc) is 3.67. The summed E-state index contributed by atoms with van der Waals surface area (Å²) in [6.45, 7) is 11.2. The molecule has 0 amide bonds. The lowest BCUT2D eigenvalue weighted by Crippen LogP contribution is -2.14. The van der Waals surface area contributed by atoms with Crippen LogP contribution in [-0.4, -0.2) is 9.55 Å². The van der Waals surface area contributed by atoms with Crippen LogP contribution in [0.25, 0.3) is 61.6 Å². The van der Waals surface area contributed by atoms with E-state index in [2.05, 4.69) is 153 Å². The van der Waals surface area contributed by atoms with E-state index in [-0.39, 0.29) is 11.8 Å². The quantitative estimate of drug-likeness (QED) is 0.191. The molecule has 1 aliphatic rings. The van der Waals surface area contributed by atoms with E-state index in [1.807, 2.05) is 6.07 Å². The predicted octanol–water partition coefficient (Wildman–Crippen LogP) is 11.8. The van der Waals surface area contributed by atoms with Crippen molar-refractivity contribution in [3.63, 3.8) is 0 Å². The van der Waals surface area contributed by atoms with Gasteiger partial charge in [0.2, 0.25) is 0 Å². The molecule has 1 aliphatic carbocycles. The molecule has 8 rings (SSSR count). The van der Waals surface area contributed by atoms with Crippen LogP contribution in [0.2, 0.25) is 0 Å². The highest BCUT2D eigenvalue weighted by atomic mass is 16.3. The van der Waals surface area contributed by atoms with Gasteiger partial charge in [0.1, 0.15) is 17.2 Å².